The van der Waals surface area contributed by atoms with Crippen LogP contribution >= 0.6 is 11.8 Å². The van der Waals surface area contributed by atoms with Gasteiger partial charge in [0.1, 0.15) is 0 Å². The van der Waals surface area contributed by atoms with Crippen molar-refractivity contribution in [2.45, 2.75) is 63.3 Å². The molecule has 1 N–H and O–H groups in total. The van der Waals surface area contributed by atoms with E-state index in [2.05, 4.69) is 42.1 Å². The van der Waals surface area contributed by atoms with Crippen LogP contribution in [0.25, 0.3) is 0 Å². The van der Waals surface area contributed by atoms with Crippen molar-refractivity contribution in [3.63, 3.8) is 0 Å². The second-order valence-electron chi connectivity index (χ2n) is 6.09. The fraction of sp³-hybridized carbons (Fsp3) is 1.00. The molecule has 18 heavy (non-hydrogen) atoms. The Morgan fingerprint density at radius 1 is 1.17 bits per heavy atom. The van der Waals surface area contributed by atoms with Gasteiger partial charge in [-0.2, -0.15) is 11.8 Å². The number of nitrogens with zero attached hydrogens (tertiary/aromatic N) is 1. The number of thioether (sulfide) groups is 1. The zero-order valence-corrected chi connectivity index (χ0v) is 13.1. The SMILES string of the molecule is CCNC1CCN(C2CCC(SC)CC2)CC1C. The maximum Gasteiger partial charge on any atom is 0.0117 e. The van der Waals surface area contributed by atoms with Crippen molar-refractivity contribution in [1.29, 1.82) is 0 Å². The quantitative estimate of drug-likeness (QED) is 0.845. The number of likely N-dealkylation sites (tertiary alicyclic amines) is 1. The highest BCUT2D eigenvalue weighted by atomic mass is 32.2. The monoisotopic (exact) mass is 270 g/mol. The lowest BCUT2D eigenvalue weighted by Crippen LogP contribution is -2.52. The first-order valence-corrected chi connectivity index (χ1v) is 9.03. The van der Waals surface area contributed by atoms with Crippen molar-refractivity contribution < 1.29 is 0 Å². The van der Waals surface area contributed by atoms with Crippen LogP contribution in [-0.2, 0) is 0 Å². The minimum absolute atomic E-state index is 0.758. The fourth-order valence-corrected chi connectivity index (χ4v) is 4.46. The lowest BCUT2D eigenvalue weighted by atomic mass is 9.88. The van der Waals surface area contributed by atoms with Gasteiger partial charge in [0, 0.05) is 23.9 Å². The first-order chi connectivity index (χ1) is 8.74. The molecule has 2 nitrogen and oxygen atoms in total. The Kier molecular flexibility index (Phi) is 5.84. The fourth-order valence-electron chi connectivity index (χ4n) is 3.72. The van der Waals surface area contributed by atoms with E-state index in [9.17, 15) is 0 Å². The van der Waals surface area contributed by atoms with Gasteiger partial charge >= 0.3 is 0 Å². The molecule has 0 aromatic carbocycles. The van der Waals surface area contributed by atoms with Crippen LogP contribution in [0.2, 0.25) is 0 Å². The minimum Gasteiger partial charge on any atom is -0.314 e. The van der Waals surface area contributed by atoms with Crippen molar-refractivity contribution in [1.82, 2.24) is 10.2 Å². The summed E-state index contributed by atoms with van der Waals surface area (Å²) in [5.41, 5.74) is 0. The second-order valence-corrected chi connectivity index (χ2v) is 7.23. The number of hydrogen-bond acceptors (Lipinski definition) is 3. The highest BCUT2D eigenvalue weighted by Crippen LogP contribution is 2.31. The summed E-state index contributed by atoms with van der Waals surface area (Å²) < 4.78 is 0. The van der Waals surface area contributed by atoms with Crippen LogP contribution in [0.4, 0.5) is 0 Å². The third kappa shape index (κ3) is 3.64. The Labute approximate surface area is 117 Å². The number of rotatable bonds is 4. The van der Waals surface area contributed by atoms with E-state index in [1.165, 1.54) is 45.2 Å². The standard InChI is InChI=1S/C15H30N2S/c1-4-16-15-9-10-17(11-12(15)2)13-5-7-14(18-3)8-6-13/h12-16H,4-11H2,1-3H3. The van der Waals surface area contributed by atoms with Gasteiger partial charge in [0.15, 0.2) is 0 Å². The molecule has 0 aromatic heterocycles. The Balaban J connectivity index is 1.78. The Hall–Kier alpha value is 0.270. The van der Waals surface area contributed by atoms with Gasteiger partial charge in [-0.25, -0.2) is 0 Å². The molecule has 0 aromatic rings. The number of nitrogens with one attached hydrogen (secondary N) is 1. The average molecular weight is 270 g/mol. The molecule has 0 radical (unpaired) electrons. The van der Waals surface area contributed by atoms with Crippen LogP contribution < -0.4 is 5.32 Å². The molecular weight excluding hydrogens is 240 g/mol. The molecule has 2 atom stereocenters. The summed E-state index contributed by atoms with van der Waals surface area (Å²) >= 11 is 2.07. The van der Waals surface area contributed by atoms with Crippen molar-refractivity contribution >= 4 is 11.8 Å². The largest absolute Gasteiger partial charge is 0.314 e. The van der Waals surface area contributed by atoms with Gasteiger partial charge in [-0.1, -0.05) is 13.8 Å². The summed E-state index contributed by atoms with van der Waals surface area (Å²) in [5.74, 6) is 0.817. The summed E-state index contributed by atoms with van der Waals surface area (Å²) in [4.78, 5) is 2.79. The van der Waals surface area contributed by atoms with E-state index in [1.807, 2.05) is 0 Å². The normalized spacial score (nSPS) is 38.8. The van der Waals surface area contributed by atoms with E-state index in [-0.39, 0.29) is 0 Å². The Bertz CT molecular complexity index is 239. The van der Waals surface area contributed by atoms with E-state index in [1.54, 1.807) is 0 Å². The third-order valence-electron chi connectivity index (χ3n) is 4.90. The smallest absolute Gasteiger partial charge is 0.0117 e. The molecule has 1 saturated carbocycles. The van der Waals surface area contributed by atoms with Gasteiger partial charge in [0.2, 0.25) is 0 Å². The van der Waals surface area contributed by atoms with Crippen LogP contribution in [0.3, 0.4) is 0 Å². The summed E-state index contributed by atoms with van der Waals surface area (Å²) in [5, 5.41) is 4.59. The summed E-state index contributed by atoms with van der Waals surface area (Å²) in [6.45, 7) is 8.40. The van der Waals surface area contributed by atoms with Gasteiger partial charge in [-0.15, -0.1) is 0 Å². The number of piperidine rings is 1. The molecule has 0 spiro atoms. The molecule has 3 heteroatoms. The van der Waals surface area contributed by atoms with Crippen molar-refractivity contribution in [2.24, 2.45) is 5.92 Å². The highest BCUT2D eigenvalue weighted by molar-refractivity contribution is 7.99. The van der Waals surface area contributed by atoms with Gasteiger partial charge in [0.05, 0.1) is 0 Å². The molecule has 1 aliphatic heterocycles. The summed E-state index contributed by atoms with van der Waals surface area (Å²) in [7, 11) is 0. The molecule has 2 rings (SSSR count). The van der Waals surface area contributed by atoms with Crippen molar-refractivity contribution in [3.8, 4) is 0 Å². The number of hydrogen-bond donors (Lipinski definition) is 1. The van der Waals surface area contributed by atoms with E-state index < -0.39 is 0 Å². The highest BCUT2D eigenvalue weighted by Gasteiger charge is 2.31. The van der Waals surface area contributed by atoms with E-state index in [0.717, 1.165) is 29.8 Å². The molecular formula is C15H30N2S. The average Bonchev–Trinajstić information content (AvgIpc) is 2.41. The lowest BCUT2D eigenvalue weighted by molar-refractivity contribution is 0.0852. The van der Waals surface area contributed by atoms with Gasteiger partial charge in [0.25, 0.3) is 0 Å². The first-order valence-electron chi connectivity index (χ1n) is 7.74. The predicted octanol–water partition coefficient (Wildman–Crippen LogP) is 2.98. The first kappa shape index (κ1) is 14.7. The van der Waals surface area contributed by atoms with Crippen molar-refractivity contribution in [3.05, 3.63) is 0 Å². The van der Waals surface area contributed by atoms with Gasteiger partial charge < -0.3 is 10.2 Å². The van der Waals surface area contributed by atoms with Gasteiger partial charge in [-0.3, -0.25) is 0 Å². The van der Waals surface area contributed by atoms with Gasteiger partial charge in [-0.05, 0) is 57.4 Å². The molecule has 1 heterocycles. The summed E-state index contributed by atoms with van der Waals surface area (Å²) in [6.07, 6.45) is 9.36. The summed E-state index contributed by atoms with van der Waals surface area (Å²) in [6, 6.07) is 1.65. The maximum absolute atomic E-state index is 3.64. The van der Waals surface area contributed by atoms with Crippen LogP contribution in [0.1, 0.15) is 46.0 Å². The molecule has 1 aliphatic carbocycles. The predicted molar refractivity (Wildman–Crippen MR) is 82.4 cm³/mol. The minimum atomic E-state index is 0.758. The third-order valence-corrected chi connectivity index (χ3v) is 6.03. The van der Waals surface area contributed by atoms with Crippen LogP contribution in [0.15, 0.2) is 0 Å². The van der Waals surface area contributed by atoms with Crippen LogP contribution in [0, 0.1) is 5.92 Å². The molecule has 2 fully saturated rings. The Morgan fingerprint density at radius 3 is 2.44 bits per heavy atom. The molecule has 2 aliphatic rings. The molecule has 106 valence electrons. The van der Waals surface area contributed by atoms with Crippen LogP contribution in [0.5, 0.6) is 0 Å². The van der Waals surface area contributed by atoms with Crippen molar-refractivity contribution in [2.75, 3.05) is 25.9 Å². The van der Waals surface area contributed by atoms with E-state index in [0.29, 0.717) is 0 Å². The van der Waals surface area contributed by atoms with E-state index >= 15 is 0 Å². The molecule has 0 amide bonds. The zero-order valence-electron chi connectivity index (χ0n) is 12.3. The topological polar surface area (TPSA) is 15.3 Å². The lowest BCUT2D eigenvalue weighted by Gasteiger charge is -2.43. The molecule has 1 saturated heterocycles. The van der Waals surface area contributed by atoms with Crippen LogP contribution in [-0.4, -0.2) is 48.1 Å². The second kappa shape index (κ2) is 7.16. The molecule has 2 unspecified atom stereocenters. The zero-order chi connectivity index (χ0) is 13.0. The maximum atomic E-state index is 3.64. The molecule has 0 bridgehead atoms. The van der Waals surface area contributed by atoms with E-state index in [4.69, 9.17) is 0 Å². The Morgan fingerprint density at radius 2 is 1.89 bits per heavy atom.